The summed E-state index contributed by atoms with van der Waals surface area (Å²) >= 11 is 0. The largest absolute Gasteiger partial charge is 0.412 e. The Bertz CT molecular complexity index is 536. The molecule has 2 fully saturated rings. The number of rotatable bonds is 3. The molecule has 8 heteroatoms. The molecule has 130 valence electrons. The number of fused-ring (bicyclic) bond motifs is 1. The standard InChI is InChI=1S/C14H31NO4SSi2/c1-14(2,3)22(7,8)19-11-9-10-18-20(16,17)15-12(11)13(15)21(4,5)6/h11-13H,9-10H2,1-8H3/t11-,12+,13-,15?/m0/s1. The predicted molar refractivity (Wildman–Crippen MR) is 94.3 cm³/mol. The first kappa shape index (κ1) is 18.6. The summed E-state index contributed by atoms with van der Waals surface area (Å²) in [5, 5.41) is 0.118. The second-order valence-corrected chi connectivity index (χ2v) is 20.7. The third kappa shape index (κ3) is 3.37. The van der Waals surface area contributed by atoms with Gasteiger partial charge in [0.05, 0.1) is 26.8 Å². The van der Waals surface area contributed by atoms with Crippen molar-refractivity contribution in [2.45, 2.75) is 82.8 Å². The van der Waals surface area contributed by atoms with Gasteiger partial charge in [-0.3, -0.25) is 4.18 Å². The van der Waals surface area contributed by atoms with Crippen LogP contribution in [-0.2, 0) is 18.9 Å². The van der Waals surface area contributed by atoms with Crippen LogP contribution in [0.4, 0.5) is 0 Å². The fourth-order valence-electron chi connectivity index (χ4n) is 2.96. The van der Waals surface area contributed by atoms with Crippen molar-refractivity contribution in [3.63, 3.8) is 0 Å². The molecule has 0 aromatic carbocycles. The van der Waals surface area contributed by atoms with Gasteiger partial charge in [-0.25, -0.2) is 0 Å². The molecule has 0 spiro atoms. The molecule has 5 nitrogen and oxygen atoms in total. The third-order valence-electron chi connectivity index (χ3n) is 5.22. The van der Waals surface area contributed by atoms with Crippen molar-refractivity contribution in [2.24, 2.45) is 0 Å². The van der Waals surface area contributed by atoms with E-state index in [9.17, 15) is 8.42 Å². The predicted octanol–water partition coefficient (Wildman–Crippen LogP) is 2.97. The first-order chi connectivity index (χ1) is 9.68. The van der Waals surface area contributed by atoms with Crippen molar-refractivity contribution in [1.29, 1.82) is 0 Å². The van der Waals surface area contributed by atoms with E-state index in [4.69, 9.17) is 8.61 Å². The molecule has 0 aliphatic carbocycles. The van der Waals surface area contributed by atoms with Crippen molar-refractivity contribution in [3.05, 3.63) is 0 Å². The van der Waals surface area contributed by atoms with Crippen LogP contribution in [0.3, 0.4) is 0 Å². The second-order valence-electron chi connectivity index (χ2n) is 9.12. The summed E-state index contributed by atoms with van der Waals surface area (Å²) in [6, 6.07) is -0.0201. The van der Waals surface area contributed by atoms with Crippen LogP contribution in [0.15, 0.2) is 0 Å². The minimum Gasteiger partial charge on any atom is -0.412 e. The highest BCUT2D eigenvalue weighted by atomic mass is 32.2. The monoisotopic (exact) mass is 365 g/mol. The highest BCUT2D eigenvalue weighted by Crippen LogP contribution is 2.47. The van der Waals surface area contributed by atoms with Crippen LogP contribution in [0.2, 0.25) is 37.8 Å². The molecule has 2 saturated heterocycles. The van der Waals surface area contributed by atoms with E-state index < -0.39 is 26.7 Å². The van der Waals surface area contributed by atoms with Crippen molar-refractivity contribution in [3.8, 4) is 0 Å². The molecule has 2 aliphatic heterocycles. The Morgan fingerprint density at radius 3 is 2.14 bits per heavy atom. The lowest BCUT2D eigenvalue weighted by molar-refractivity contribution is 0.151. The lowest BCUT2D eigenvalue weighted by Crippen LogP contribution is -2.46. The zero-order chi connectivity index (χ0) is 17.1. The Kier molecular flexibility index (Phi) is 4.55. The fraction of sp³-hybridized carbons (Fsp3) is 1.00. The van der Waals surface area contributed by atoms with Crippen molar-refractivity contribution in [1.82, 2.24) is 4.31 Å². The van der Waals surface area contributed by atoms with E-state index in [1.54, 1.807) is 4.31 Å². The van der Waals surface area contributed by atoms with E-state index in [0.29, 0.717) is 6.42 Å². The summed E-state index contributed by atoms with van der Waals surface area (Å²) in [5.41, 5.74) is 0.104. The molecule has 2 aliphatic rings. The number of nitrogens with zero attached hydrogens (tertiary/aromatic N) is 1. The minimum atomic E-state index is -3.58. The van der Waals surface area contributed by atoms with Gasteiger partial charge in [0.2, 0.25) is 0 Å². The van der Waals surface area contributed by atoms with E-state index in [1.165, 1.54) is 0 Å². The second kappa shape index (κ2) is 5.39. The van der Waals surface area contributed by atoms with Gasteiger partial charge in [-0.15, -0.1) is 0 Å². The summed E-state index contributed by atoms with van der Waals surface area (Å²) in [5.74, 6) is 0. The molecule has 0 aromatic rings. The molecule has 4 atom stereocenters. The van der Waals surface area contributed by atoms with Crippen LogP contribution in [0.1, 0.15) is 27.2 Å². The molecule has 2 rings (SSSR count). The third-order valence-corrected chi connectivity index (χ3v) is 13.8. The van der Waals surface area contributed by atoms with Gasteiger partial charge >= 0.3 is 10.3 Å². The summed E-state index contributed by atoms with van der Waals surface area (Å²) in [6.07, 6.45) is 0.628. The van der Waals surface area contributed by atoms with Gasteiger partial charge in [-0.1, -0.05) is 40.4 Å². The summed E-state index contributed by atoms with van der Waals surface area (Å²) in [7, 11) is -7.13. The van der Waals surface area contributed by atoms with Gasteiger partial charge in [-0.2, -0.15) is 12.7 Å². The summed E-state index contributed by atoms with van der Waals surface area (Å²) < 4.78 is 37.9. The Labute approximate surface area is 137 Å². The van der Waals surface area contributed by atoms with Crippen LogP contribution in [0, 0.1) is 0 Å². The van der Waals surface area contributed by atoms with Gasteiger partial charge in [0.25, 0.3) is 0 Å². The summed E-state index contributed by atoms with van der Waals surface area (Å²) in [4.78, 5) is 0. The van der Waals surface area contributed by atoms with Crippen LogP contribution in [0.5, 0.6) is 0 Å². The normalized spacial score (nSPS) is 35.6. The molecule has 1 unspecified atom stereocenters. The molecular weight excluding hydrogens is 334 g/mol. The Morgan fingerprint density at radius 2 is 1.68 bits per heavy atom. The quantitative estimate of drug-likeness (QED) is 0.570. The molecule has 22 heavy (non-hydrogen) atoms. The Balaban J connectivity index is 2.27. The number of hydrogen-bond donors (Lipinski definition) is 0. The van der Waals surface area contributed by atoms with Gasteiger partial charge in [0, 0.05) is 5.67 Å². The van der Waals surface area contributed by atoms with E-state index >= 15 is 0 Å². The maximum Gasteiger partial charge on any atom is 0.338 e. The molecule has 2 heterocycles. The van der Waals surface area contributed by atoms with Crippen molar-refractivity contribution in [2.75, 3.05) is 6.61 Å². The van der Waals surface area contributed by atoms with Gasteiger partial charge < -0.3 is 4.43 Å². The van der Waals surface area contributed by atoms with Crippen LogP contribution in [0.25, 0.3) is 0 Å². The van der Waals surface area contributed by atoms with E-state index in [2.05, 4.69) is 53.5 Å². The smallest absolute Gasteiger partial charge is 0.338 e. The molecule has 0 N–H and O–H groups in total. The lowest BCUT2D eigenvalue weighted by atomic mass is 10.2. The Morgan fingerprint density at radius 1 is 1.14 bits per heavy atom. The van der Waals surface area contributed by atoms with Crippen LogP contribution >= 0.6 is 0 Å². The van der Waals surface area contributed by atoms with Crippen LogP contribution < -0.4 is 0 Å². The molecule has 0 aromatic heterocycles. The highest BCUT2D eigenvalue weighted by Gasteiger charge is 2.65. The van der Waals surface area contributed by atoms with Crippen molar-refractivity contribution >= 4 is 26.7 Å². The minimum absolute atomic E-state index is 0.0201. The maximum atomic E-state index is 12.3. The average molecular weight is 366 g/mol. The zero-order valence-corrected chi connectivity index (χ0v) is 18.0. The fourth-order valence-corrected chi connectivity index (χ4v) is 9.35. The molecule has 0 amide bonds. The van der Waals surface area contributed by atoms with E-state index in [1.807, 2.05) is 0 Å². The van der Waals surface area contributed by atoms with E-state index in [0.717, 1.165) is 0 Å². The highest BCUT2D eigenvalue weighted by molar-refractivity contribution is 7.84. The zero-order valence-electron chi connectivity index (χ0n) is 15.1. The van der Waals surface area contributed by atoms with E-state index in [-0.39, 0.29) is 29.5 Å². The Hall–Kier alpha value is 0.264. The SMILES string of the molecule is CC(C)(C)[Si](C)(C)O[C@H]1CCOS(=O)(=O)N2[C@H]1[C@@H]2[Si](C)(C)C. The number of hydrogen-bond acceptors (Lipinski definition) is 4. The first-order valence-corrected chi connectivity index (χ1v) is 15.9. The summed E-state index contributed by atoms with van der Waals surface area (Å²) in [6.45, 7) is 18.0. The molecule has 0 saturated carbocycles. The van der Waals surface area contributed by atoms with Crippen LogP contribution in [-0.4, -0.2) is 53.5 Å². The molecule has 0 radical (unpaired) electrons. The topological polar surface area (TPSA) is 55.6 Å². The van der Waals surface area contributed by atoms with Gasteiger partial charge in [0.1, 0.15) is 0 Å². The average Bonchev–Trinajstić information content (AvgIpc) is 3.00. The van der Waals surface area contributed by atoms with Gasteiger partial charge in [0.15, 0.2) is 8.32 Å². The molecule has 0 bridgehead atoms. The lowest BCUT2D eigenvalue weighted by Gasteiger charge is -2.39. The van der Waals surface area contributed by atoms with Crippen molar-refractivity contribution < 1.29 is 17.0 Å². The van der Waals surface area contributed by atoms with Gasteiger partial charge in [-0.05, 0) is 24.6 Å². The molecular formula is C14H31NO4SSi2. The maximum absolute atomic E-state index is 12.3. The first-order valence-electron chi connectivity index (χ1n) is 8.04.